The average molecular weight is 503 g/mol. The van der Waals surface area contributed by atoms with Crippen LogP contribution in [0.5, 0.6) is 0 Å². The molecule has 5 aromatic rings. The molecule has 14 heteroatoms. The van der Waals surface area contributed by atoms with Gasteiger partial charge < -0.3 is 5.32 Å². The summed E-state index contributed by atoms with van der Waals surface area (Å²) < 4.78 is 28.8. The van der Waals surface area contributed by atoms with E-state index in [4.69, 9.17) is 0 Å². The van der Waals surface area contributed by atoms with E-state index in [0.29, 0.717) is 11.5 Å². The molecular formula is C22H18N10O3S. The van der Waals surface area contributed by atoms with Crippen molar-refractivity contribution in [2.45, 2.75) is 11.6 Å². The van der Waals surface area contributed by atoms with Crippen molar-refractivity contribution in [3.05, 3.63) is 91.0 Å². The molecule has 2 N–H and O–H groups in total. The van der Waals surface area contributed by atoms with E-state index in [-0.39, 0.29) is 23.2 Å². The minimum atomic E-state index is -3.88. The highest BCUT2D eigenvalue weighted by Gasteiger charge is 2.16. The molecule has 36 heavy (non-hydrogen) atoms. The van der Waals surface area contributed by atoms with Crippen molar-refractivity contribution in [1.82, 2.24) is 40.0 Å². The number of aromatic nitrogens is 8. The molecule has 0 aliphatic carbocycles. The molecule has 3 heterocycles. The molecule has 13 nitrogen and oxygen atoms in total. The third-order valence-electron chi connectivity index (χ3n) is 4.84. The van der Waals surface area contributed by atoms with Crippen LogP contribution >= 0.6 is 0 Å². The van der Waals surface area contributed by atoms with Gasteiger partial charge in [0.25, 0.3) is 15.9 Å². The van der Waals surface area contributed by atoms with E-state index in [1.54, 1.807) is 18.3 Å². The van der Waals surface area contributed by atoms with Crippen LogP contribution in [0, 0.1) is 0 Å². The van der Waals surface area contributed by atoms with Crippen molar-refractivity contribution in [3.63, 3.8) is 0 Å². The third-order valence-corrected chi connectivity index (χ3v) is 6.19. The quantitative estimate of drug-likeness (QED) is 0.322. The first-order chi connectivity index (χ1) is 17.5. The maximum atomic E-state index is 12.6. The number of tetrazole rings is 1. The number of benzene rings is 2. The molecule has 0 unspecified atom stereocenters. The SMILES string of the molecule is O=C(Nc1ccc(S(=O)(=O)Nc2ncccn2)cc1)c1ccn(Cn2nnc(-c3ccccc3)n2)n1. The number of anilines is 2. The number of nitrogens with one attached hydrogen (secondary N) is 2. The fourth-order valence-corrected chi connectivity index (χ4v) is 4.10. The average Bonchev–Trinajstić information content (AvgIpc) is 3.56. The molecule has 0 saturated carbocycles. The predicted molar refractivity (Wildman–Crippen MR) is 128 cm³/mol. The highest BCUT2D eigenvalue weighted by molar-refractivity contribution is 7.92. The summed E-state index contributed by atoms with van der Waals surface area (Å²) in [6.45, 7) is 0.164. The van der Waals surface area contributed by atoms with Gasteiger partial charge in [0.15, 0.2) is 12.4 Å². The monoisotopic (exact) mass is 502 g/mol. The fraction of sp³-hybridized carbons (Fsp3) is 0.0455. The summed E-state index contributed by atoms with van der Waals surface area (Å²) in [6, 6.07) is 18.2. The lowest BCUT2D eigenvalue weighted by Gasteiger charge is -2.08. The van der Waals surface area contributed by atoms with Crippen molar-refractivity contribution in [2.24, 2.45) is 0 Å². The molecule has 0 saturated heterocycles. The number of rotatable bonds is 8. The molecule has 0 aliphatic heterocycles. The van der Waals surface area contributed by atoms with Gasteiger partial charge in [-0.05, 0) is 41.6 Å². The Morgan fingerprint density at radius 2 is 1.64 bits per heavy atom. The summed E-state index contributed by atoms with van der Waals surface area (Å²) in [5.74, 6) is -0.0165. The van der Waals surface area contributed by atoms with Gasteiger partial charge in [0.2, 0.25) is 11.8 Å². The van der Waals surface area contributed by atoms with Crippen LogP contribution in [-0.2, 0) is 16.7 Å². The molecule has 2 aromatic carbocycles. The zero-order valence-electron chi connectivity index (χ0n) is 18.5. The molecule has 0 aliphatic rings. The standard InChI is InChI=1S/C22H18N10O3S/c33-21(25-17-7-9-18(10-8-17)36(34,35)29-22-23-12-4-13-24-22)19-11-14-31(27-19)15-32-28-20(26-30-32)16-5-2-1-3-6-16/h1-14H,15H2,(H,25,33)(H,23,24,29). The normalized spacial score (nSPS) is 11.2. The number of nitrogens with zero attached hydrogens (tertiary/aromatic N) is 8. The Kier molecular flexibility index (Phi) is 6.15. The number of carbonyl (C=O) groups excluding carboxylic acids is 1. The molecule has 180 valence electrons. The van der Waals surface area contributed by atoms with E-state index in [9.17, 15) is 13.2 Å². The van der Waals surface area contributed by atoms with Crippen LogP contribution in [-0.4, -0.2) is 54.3 Å². The van der Waals surface area contributed by atoms with Gasteiger partial charge in [-0.25, -0.2) is 27.8 Å². The first-order valence-corrected chi connectivity index (χ1v) is 12.0. The highest BCUT2D eigenvalue weighted by Crippen LogP contribution is 2.17. The zero-order valence-corrected chi connectivity index (χ0v) is 19.3. The Morgan fingerprint density at radius 3 is 2.39 bits per heavy atom. The lowest BCUT2D eigenvalue weighted by atomic mass is 10.2. The Morgan fingerprint density at radius 1 is 0.889 bits per heavy atom. The molecule has 5 rings (SSSR count). The van der Waals surface area contributed by atoms with Crippen LogP contribution in [0.15, 0.2) is 90.2 Å². The molecule has 0 atom stereocenters. The first-order valence-electron chi connectivity index (χ1n) is 10.5. The maximum Gasteiger partial charge on any atom is 0.276 e. The van der Waals surface area contributed by atoms with Crippen molar-refractivity contribution >= 4 is 27.6 Å². The van der Waals surface area contributed by atoms with Gasteiger partial charge in [-0.15, -0.1) is 15.0 Å². The zero-order chi connectivity index (χ0) is 25.0. The third kappa shape index (κ3) is 5.23. The molecule has 0 fully saturated rings. The van der Waals surface area contributed by atoms with Gasteiger partial charge in [-0.1, -0.05) is 30.3 Å². The van der Waals surface area contributed by atoms with Gasteiger partial charge in [0, 0.05) is 29.8 Å². The van der Waals surface area contributed by atoms with Crippen LogP contribution < -0.4 is 10.0 Å². The summed E-state index contributed by atoms with van der Waals surface area (Å²) >= 11 is 0. The van der Waals surface area contributed by atoms with Crippen LogP contribution in [0.4, 0.5) is 11.6 Å². The van der Waals surface area contributed by atoms with Crippen molar-refractivity contribution in [3.8, 4) is 11.4 Å². The molecule has 0 bridgehead atoms. The second kappa shape index (κ2) is 9.71. The number of carbonyl (C=O) groups is 1. The second-order valence-corrected chi connectivity index (χ2v) is 9.07. The highest BCUT2D eigenvalue weighted by atomic mass is 32.2. The molecule has 0 radical (unpaired) electrons. The second-order valence-electron chi connectivity index (χ2n) is 7.39. The summed E-state index contributed by atoms with van der Waals surface area (Å²) in [5, 5.41) is 19.3. The minimum Gasteiger partial charge on any atom is -0.321 e. The van der Waals surface area contributed by atoms with E-state index in [1.165, 1.54) is 46.1 Å². The van der Waals surface area contributed by atoms with Gasteiger partial charge in [0.05, 0.1) is 4.90 Å². The number of hydrogen-bond acceptors (Lipinski definition) is 9. The summed E-state index contributed by atoms with van der Waals surface area (Å²) in [5.41, 5.74) is 1.40. The van der Waals surface area contributed by atoms with Crippen LogP contribution in [0.2, 0.25) is 0 Å². The van der Waals surface area contributed by atoms with Crippen molar-refractivity contribution in [2.75, 3.05) is 10.0 Å². The van der Waals surface area contributed by atoms with E-state index in [1.807, 2.05) is 30.3 Å². The van der Waals surface area contributed by atoms with Crippen LogP contribution in [0.3, 0.4) is 0 Å². The van der Waals surface area contributed by atoms with Gasteiger partial charge in [-0.3, -0.25) is 4.79 Å². The first kappa shape index (κ1) is 22.8. The molecule has 1 amide bonds. The summed E-state index contributed by atoms with van der Waals surface area (Å²) in [4.78, 5) is 21.7. The van der Waals surface area contributed by atoms with Gasteiger partial charge >= 0.3 is 0 Å². The Hall–Kier alpha value is -4.98. The van der Waals surface area contributed by atoms with E-state index in [0.717, 1.165) is 5.56 Å². The molecule has 0 spiro atoms. The van der Waals surface area contributed by atoms with E-state index < -0.39 is 15.9 Å². The van der Waals surface area contributed by atoms with Crippen LogP contribution in [0.25, 0.3) is 11.4 Å². The smallest absolute Gasteiger partial charge is 0.276 e. The van der Waals surface area contributed by atoms with E-state index in [2.05, 4.69) is 40.5 Å². The van der Waals surface area contributed by atoms with Crippen LogP contribution in [0.1, 0.15) is 10.5 Å². The summed E-state index contributed by atoms with van der Waals surface area (Å²) in [7, 11) is -3.88. The van der Waals surface area contributed by atoms with E-state index >= 15 is 0 Å². The topological polar surface area (TPSA) is 162 Å². The van der Waals surface area contributed by atoms with Crippen molar-refractivity contribution in [1.29, 1.82) is 0 Å². The Bertz CT molecular complexity index is 1580. The number of sulfonamides is 1. The lowest BCUT2D eigenvalue weighted by Crippen LogP contribution is -2.16. The molecule has 3 aromatic heterocycles. The van der Waals surface area contributed by atoms with Crippen molar-refractivity contribution < 1.29 is 13.2 Å². The Labute approximate surface area is 204 Å². The maximum absolute atomic E-state index is 12.6. The van der Waals surface area contributed by atoms with Gasteiger partial charge in [-0.2, -0.15) is 5.10 Å². The van der Waals surface area contributed by atoms with Gasteiger partial charge in [0.1, 0.15) is 0 Å². The predicted octanol–water partition coefficient (Wildman–Crippen LogP) is 1.89. The largest absolute Gasteiger partial charge is 0.321 e. The summed E-state index contributed by atoms with van der Waals surface area (Å²) in [6.07, 6.45) is 4.47. The fourth-order valence-electron chi connectivity index (χ4n) is 3.14. The Balaban J connectivity index is 1.21. The number of hydrogen-bond donors (Lipinski definition) is 2. The number of amides is 1. The lowest BCUT2D eigenvalue weighted by molar-refractivity contribution is 0.102. The molecular weight excluding hydrogens is 484 g/mol. The minimum absolute atomic E-state index is 0.00701.